The van der Waals surface area contributed by atoms with Crippen molar-refractivity contribution < 1.29 is 19.0 Å². The Bertz CT molecular complexity index is 1110. The van der Waals surface area contributed by atoms with Crippen LogP contribution in [0.25, 0.3) is 0 Å². The Labute approximate surface area is 178 Å². The number of fused-ring (bicyclic) bond motifs is 3. The molecule has 30 heavy (non-hydrogen) atoms. The molecular weight excluding hydrogens is 400 g/mol. The van der Waals surface area contributed by atoms with Crippen LogP contribution in [0.4, 0.5) is 0 Å². The number of ether oxygens (including phenoxy) is 3. The van der Waals surface area contributed by atoms with Crippen LogP contribution in [0.2, 0.25) is 0 Å². The van der Waals surface area contributed by atoms with Crippen LogP contribution in [-0.2, 0) is 4.74 Å². The first kappa shape index (κ1) is 18.7. The minimum absolute atomic E-state index is 0.0474. The van der Waals surface area contributed by atoms with Crippen molar-refractivity contribution >= 4 is 23.0 Å². The van der Waals surface area contributed by atoms with Gasteiger partial charge in [0.2, 0.25) is 6.23 Å². The van der Waals surface area contributed by atoms with E-state index in [9.17, 15) is 4.79 Å². The zero-order valence-electron chi connectivity index (χ0n) is 16.6. The van der Waals surface area contributed by atoms with Gasteiger partial charge in [0.05, 0.1) is 36.4 Å². The van der Waals surface area contributed by atoms with E-state index in [1.807, 2.05) is 35.3 Å². The predicted molar refractivity (Wildman–Crippen MR) is 114 cm³/mol. The molecule has 2 aliphatic heterocycles. The molecule has 6 nitrogen and oxygen atoms in total. The highest BCUT2D eigenvalue weighted by atomic mass is 32.1. The van der Waals surface area contributed by atoms with Gasteiger partial charge in [0.1, 0.15) is 0 Å². The Hall–Kier alpha value is -3.32. The third-order valence-corrected chi connectivity index (χ3v) is 6.34. The summed E-state index contributed by atoms with van der Waals surface area (Å²) in [6.45, 7) is 0. The van der Waals surface area contributed by atoms with Gasteiger partial charge in [-0.1, -0.05) is 30.3 Å². The maximum atomic E-state index is 11.8. The number of hydrogen-bond donors (Lipinski definition) is 0. The van der Waals surface area contributed by atoms with Crippen LogP contribution in [0.5, 0.6) is 11.5 Å². The quantitative estimate of drug-likeness (QED) is 0.568. The third-order valence-electron chi connectivity index (χ3n) is 5.42. The number of para-hydroxylation sites is 1. The topological polar surface area (TPSA) is 60.4 Å². The number of hydrazone groups is 1. The van der Waals surface area contributed by atoms with E-state index in [2.05, 4.69) is 17.5 Å². The second-order valence-electron chi connectivity index (χ2n) is 7.09. The van der Waals surface area contributed by atoms with Crippen molar-refractivity contribution in [1.82, 2.24) is 5.01 Å². The van der Waals surface area contributed by atoms with Crippen molar-refractivity contribution in [1.29, 1.82) is 0 Å². The van der Waals surface area contributed by atoms with Gasteiger partial charge in [-0.25, -0.2) is 9.80 Å². The van der Waals surface area contributed by atoms with Gasteiger partial charge in [0.15, 0.2) is 11.5 Å². The summed E-state index contributed by atoms with van der Waals surface area (Å²) >= 11 is 1.68. The van der Waals surface area contributed by atoms with E-state index in [0.29, 0.717) is 11.3 Å². The highest BCUT2D eigenvalue weighted by molar-refractivity contribution is 7.12. The number of hydrogen-bond acceptors (Lipinski definition) is 7. The fraction of sp³-hybridized carbons (Fsp3) is 0.217. The van der Waals surface area contributed by atoms with E-state index in [-0.39, 0.29) is 12.0 Å². The first-order valence-electron chi connectivity index (χ1n) is 9.61. The number of benzene rings is 2. The van der Waals surface area contributed by atoms with Crippen molar-refractivity contribution in [3.63, 3.8) is 0 Å². The summed E-state index contributed by atoms with van der Waals surface area (Å²) in [5.74, 6) is 1.08. The van der Waals surface area contributed by atoms with Crippen LogP contribution in [0.15, 0.2) is 65.1 Å². The molecule has 0 aliphatic carbocycles. The lowest BCUT2D eigenvalue weighted by Crippen LogP contribution is -2.33. The lowest BCUT2D eigenvalue weighted by molar-refractivity contribution is -0.0209. The van der Waals surface area contributed by atoms with Crippen LogP contribution in [0.3, 0.4) is 0 Å². The number of thiophene rings is 1. The molecule has 5 rings (SSSR count). The Morgan fingerprint density at radius 3 is 2.67 bits per heavy atom. The second-order valence-corrected chi connectivity index (χ2v) is 8.03. The Balaban J connectivity index is 1.58. The third kappa shape index (κ3) is 3.02. The Kier molecular flexibility index (Phi) is 4.67. The summed E-state index contributed by atoms with van der Waals surface area (Å²) in [6, 6.07) is 17.4. The van der Waals surface area contributed by atoms with Gasteiger partial charge in [-0.2, -0.15) is 5.10 Å². The zero-order valence-corrected chi connectivity index (χ0v) is 17.4. The Morgan fingerprint density at radius 2 is 1.97 bits per heavy atom. The molecule has 0 fully saturated rings. The lowest BCUT2D eigenvalue weighted by Gasteiger charge is -2.38. The lowest BCUT2D eigenvalue weighted by atomic mass is 9.97. The summed E-state index contributed by atoms with van der Waals surface area (Å²) in [5, 5.41) is 9.02. The number of methoxy groups -OCH3 is 2. The molecule has 0 radical (unpaired) electrons. The average molecular weight is 420 g/mol. The second kappa shape index (κ2) is 7.50. The smallest absolute Gasteiger partial charge is 0.337 e. The minimum atomic E-state index is -0.428. The molecule has 0 saturated carbocycles. The van der Waals surface area contributed by atoms with Crippen molar-refractivity contribution in [3.05, 3.63) is 81.5 Å². The standard InChI is InChI=1S/C23H20N2O4S/c1-27-19-6-3-5-16-18-13-17(20-7-4-12-30-20)24-25(18)22(29-21(16)19)14-8-10-15(11-9-14)23(26)28-2/h3-12,18,22H,13H2,1-2H3/t18-,22+/m0/s1. The number of rotatable bonds is 4. The Morgan fingerprint density at radius 1 is 1.13 bits per heavy atom. The van der Waals surface area contributed by atoms with E-state index in [0.717, 1.165) is 33.9 Å². The highest BCUT2D eigenvalue weighted by Crippen LogP contribution is 2.50. The number of esters is 1. The molecule has 7 heteroatoms. The van der Waals surface area contributed by atoms with E-state index < -0.39 is 6.23 Å². The summed E-state index contributed by atoms with van der Waals surface area (Å²) in [7, 11) is 3.02. The van der Waals surface area contributed by atoms with Gasteiger partial charge in [-0.05, 0) is 29.6 Å². The molecule has 0 spiro atoms. The molecule has 3 aromatic rings. The molecule has 2 atom stereocenters. The molecule has 0 bridgehead atoms. The van der Waals surface area contributed by atoms with Crippen LogP contribution in [-0.4, -0.2) is 30.9 Å². The SMILES string of the molecule is COC(=O)c1ccc([C@H]2Oc3c(OC)cccc3[C@@H]3CC(c4cccs4)=NN23)cc1. The van der Waals surface area contributed by atoms with E-state index in [1.165, 1.54) is 7.11 Å². The highest BCUT2D eigenvalue weighted by Gasteiger charge is 2.42. The van der Waals surface area contributed by atoms with Crippen molar-refractivity contribution in [2.24, 2.45) is 5.10 Å². The van der Waals surface area contributed by atoms with Gasteiger partial charge in [0.25, 0.3) is 0 Å². The first-order chi connectivity index (χ1) is 14.7. The zero-order chi connectivity index (χ0) is 20.7. The van der Waals surface area contributed by atoms with Gasteiger partial charge in [-0.3, -0.25) is 0 Å². The van der Waals surface area contributed by atoms with Gasteiger partial charge in [-0.15, -0.1) is 11.3 Å². The van der Waals surface area contributed by atoms with Gasteiger partial charge < -0.3 is 14.2 Å². The molecule has 0 amide bonds. The van der Waals surface area contributed by atoms with Crippen LogP contribution in [0, 0.1) is 0 Å². The molecule has 3 heterocycles. The van der Waals surface area contributed by atoms with Crippen LogP contribution >= 0.6 is 11.3 Å². The molecule has 0 unspecified atom stereocenters. The monoisotopic (exact) mass is 420 g/mol. The van der Waals surface area contributed by atoms with Crippen LogP contribution in [0.1, 0.15) is 45.1 Å². The fourth-order valence-corrected chi connectivity index (χ4v) is 4.68. The van der Waals surface area contributed by atoms with E-state index >= 15 is 0 Å². The number of carbonyl (C=O) groups is 1. The van der Waals surface area contributed by atoms with Crippen molar-refractivity contribution in [3.8, 4) is 11.5 Å². The van der Waals surface area contributed by atoms with Crippen molar-refractivity contribution in [2.45, 2.75) is 18.7 Å². The molecule has 0 saturated heterocycles. The molecule has 2 aromatic carbocycles. The summed E-state index contributed by atoms with van der Waals surface area (Å²) in [4.78, 5) is 13.0. The number of nitrogens with zero attached hydrogens (tertiary/aromatic N) is 2. The molecule has 2 aliphatic rings. The van der Waals surface area contributed by atoms with Gasteiger partial charge >= 0.3 is 5.97 Å². The molecule has 1 aromatic heterocycles. The predicted octanol–water partition coefficient (Wildman–Crippen LogP) is 4.79. The molecular formula is C23H20N2O4S. The maximum Gasteiger partial charge on any atom is 0.337 e. The van der Waals surface area contributed by atoms with E-state index in [1.54, 1.807) is 30.6 Å². The average Bonchev–Trinajstić information content (AvgIpc) is 3.47. The largest absolute Gasteiger partial charge is 0.493 e. The van der Waals surface area contributed by atoms with E-state index in [4.69, 9.17) is 19.3 Å². The first-order valence-corrected chi connectivity index (χ1v) is 10.5. The summed E-state index contributed by atoms with van der Waals surface area (Å²) < 4.78 is 16.8. The molecule has 152 valence electrons. The van der Waals surface area contributed by atoms with Crippen LogP contribution < -0.4 is 9.47 Å². The number of carbonyl (C=O) groups excluding carboxylic acids is 1. The summed E-state index contributed by atoms with van der Waals surface area (Å²) in [5.41, 5.74) is 3.51. The minimum Gasteiger partial charge on any atom is -0.493 e. The maximum absolute atomic E-state index is 11.8. The van der Waals surface area contributed by atoms with Gasteiger partial charge in [0, 0.05) is 17.5 Å². The van der Waals surface area contributed by atoms with Crippen molar-refractivity contribution in [2.75, 3.05) is 14.2 Å². The summed E-state index contributed by atoms with van der Waals surface area (Å²) in [6.07, 6.45) is 0.365. The normalized spacial score (nSPS) is 19.4. The fourth-order valence-electron chi connectivity index (χ4n) is 3.96. The molecule has 0 N–H and O–H groups in total.